The highest BCUT2D eigenvalue weighted by Crippen LogP contribution is 2.33. The molecule has 0 radical (unpaired) electrons. The summed E-state index contributed by atoms with van der Waals surface area (Å²) in [6, 6.07) is 6.22. The van der Waals surface area contributed by atoms with Gasteiger partial charge in [-0.05, 0) is 63.3 Å². The molecule has 35 heavy (non-hydrogen) atoms. The maximum Gasteiger partial charge on any atom is 0.274 e. The summed E-state index contributed by atoms with van der Waals surface area (Å²) >= 11 is 0. The van der Waals surface area contributed by atoms with Gasteiger partial charge in [0.1, 0.15) is 5.82 Å². The van der Waals surface area contributed by atoms with Crippen LogP contribution in [-0.4, -0.2) is 60.9 Å². The van der Waals surface area contributed by atoms with Crippen LogP contribution >= 0.6 is 0 Å². The molecule has 6 heterocycles. The van der Waals surface area contributed by atoms with Gasteiger partial charge in [0.15, 0.2) is 11.5 Å². The van der Waals surface area contributed by atoms with Gasteiger partial charge in [-0.15, -0.1) is 10.2 Å². The molecule has 0 aromatic carbocycles. The maximum absolute atomic E-state index is 13.1. The Labute approximate surface area is 205 Å². The van der Waals surface area contributed by atoms with Gasteiger partial charge in [0.25, 0.3) is 5.91 Å². The van der Waals surface area contributed by atoms with Crippen LogP contribution in [0.2, 0.25) is 0 Å². The van der Waals surface area contributed by atoms with E-state index in [0.29, 0.717) is 5.69 Å². The van der Waals surface area contributed by atoms with Gasteiger partial charge in [-0.2, -0.15) is 5.10 Å². The summed E-state index contributed by atoms with van der Waals surface area (Å²) in [5, 5.41) is 13.3. The number of carbonyl (C=O) groups excluding carboxylic acids is 1. The second-order valence-corrected chi connectivity index (χ2v) is 10.5. The summed E-state index contributed by atoms with van der Waals surface area (Å²) in [6.07, 6.45) is 7.83. The standard InChI is InChI=1S/C26H32N8O/c1-18-14-22(25(35)33-11-4-8-26(33,2)3)29-30-24(18)31-13-7-21-19(17-31)15-20(16-27-21)32-10-5-12-34-23(32)6-9-28-34/h6,9,14-16H,4-5,7-8,10-13,17H2,1-3H3. The number of anilines is 3. The van der Waals surface area contributed by atoms with Crippen molar-refractivity contribution >= 4 is 23.2 Å². The zero-order valence-corrected chi connectivity index (χ0v) is 20.7. The van der Waals surface area contributed by atoms with E-state index >= 15 is 0 Å². The lowest BCUT2D eigenvalue weighted by molar-refractivity contribution is 0.0644. The monoisotopic (exact) mass is 472 g/mol. The molecular weight excluding hydrogens is 440 g/mol. The minimum atomic E-state index is -0.126. The van der Waals surface area contributed by atoms with Crippen LogP contribution in [0, 0.1) is 6.92 Å². The van der Waals surface area contributed by atoms with E-state index in [-0.39, 0.29) is 11.4 Å². The lowest BCUT2D eigenvalue weighted by atomic mass is 10.0. The van der Waals surface area contributed by atoms with Crippen molar-refractivity contribution in [1.29, 1.82) is 0 Å². The minimum absolute atomic E-state index is 0.0201. The number of nitrogens with zero attached hydrogens (tertiary/aromatic N) is 8. The molecule has 1 amide bonds. The summed E-state index contributed by atoms with van der Waals surface area (Å²) in [6.45, 7) is 10.5. The first kappa shape index (κ1) is 22.0. The molecule has 3 aliphatic heterocycles. The van der Waals surface area contributed by atoms with E-state index in [4.69, 9.17) is 4.98 Å². The highest BCUT2D eigenvalue weighted by atomic mass is 16.2. The second kappa shape index (κ2) is 8.32. The van der Waals surface area contributed by atoms with Crippen LogP contribution in [-0.2, 0) is 19.5 Å². The number of pyridine rings is 1. The van der Waals surface area contributed by atoms with Gasteiger partial charge in [-0.1, -0.05) is 0 Å². The van der Waals surface area contributed by atoms with E-state index < -0.39 is 0 Å². The molecule has 9 heteroatoms. The van der Waals surface area contributed by atoms with Crippen molar-refractivity contribution in [1.82, 2.24) is 29.9 Å². The van der Waals surface area contributed by atoms with E-state index in [0.717, 1.165) is 87.0 Å². The molecule has 182 valence electrons. The van der Waals surface area contributed by atoms with Gasteiger partial charge >= 0.3 is 0 Å². The molecule has 1 saturated heterocycles. The summed E-state index contributed by atoms with van der Waals surface area (Å²) in [5.74, 6) is 1.94. The molecule has 3 aromatic heterocycles. The van der Waals surface area contributed by atoms with Gasteiger partial charge < -0.3 is 14.7 Å². The Morgan fingerprint density at radius 3 is 2.74 bits per heavy atom. The number of aromatic nitrogens is 5. The number of rotatable bonds is 3. The van der Waals surface area contributed by atoms with Gasteiger partial charge in [0, 0.05) is 56.4 Å². The number of likely N-dealkylation sites (tertiary alicyclic amines) is 1. The third-order valence-electron chi connectivity index (χ3n) is 7.68. The first-order valence-corrected chi connectivity index (χ1v) is 12.6. The fourth-order valence-electron chi connectivity index (χ4n) is 5.74. The Hall–Kier alpha value is -3.49. The molecule has 0 spiro atoms. The third-order valence-corrected chi connectivity index (χ3v) is 7.68. The van der Waals surface area contributed by atoms with Crippen LogP contribution in [0.1, 0.15) is 60.4 Å². The SMILES string of the molecule is Cc1cc(C(=O)N2CCCC2(C)C)nnc1N1CCc2ncc(N3CCCn4nccc43)cc2C1. The maximum atomic E-state index is 13.1. The Morgan fingerprint density at radius 1 is 1.06 bits per heavy atom. The van der Waals surface area contributed by atoms with Gasteiger partial charge in [0.05, 0.1) is 18.1 Å². The molecular formula is C26H32N8O. The van der Waals surface area contributed by atoms with Crippen molar-refractivity contribution in [3.05, 3.63) is 53.1 Å². The molecule has 6 rings (SSSR count). The lowest BCUT2D eigenvalue weighted by Gasteiger charge is -2.33. The zero-order chi connectivity index (χ0) is 24.2. The Kier molecular flexibility index (Phi) is 5.23. The van der Waals surface area contributed by atoms with Crippen molar-refractivity contribution in [3.8, 4) is 0 Å². The molecule has 1 fully saturated rings. The smallest absolute Gasteiger partial charge is 0.274 e. The second-order valence-electron chi connectivity index (χ2n) is 10.5. The molecule has 9 nitrogen and oxygen atoms in total. The number of fused-ring (bicyclic) bond motifs is 2. The summed E-state index contributed by atoms with van der Waals surface area (Å²) < 4.78 is 2.06. The molecule has 3 aromatic rings. The predicted molar refractivity (Wildman–Crippen MR) is 134 cm³/mol. The van der Waals surface area contributed by atoms with Crippen LogP contribution in [0.15, 0.2) is 30.6 Å². The molecule has 0 N–H and O–H groups in total. The van der Waals surface area contributed by atoms with Gasteiger partial charge in [-0.25, -0.2) is 4.68 Å². The van der Waals surface area contributed by atoms with Crippen LogP contribution in [0.3, 0.4) is 0 Å². The van der Waals surface area contributed by atoms with Crippen molar-refractivity contribution in [2.75, 3.05) is 29.4 Å². The van der Waals surface area contributed by atoms with E-state index in [2.05, 4.69) is 55.8 Å². The van der Waals surface area contributed by atoms with Gasteiger partial charge in [-0.3, -0.25) is 9.78 Å². The number of aryl methyl sites for hydroxylation is 2. The Balaban J connectivity index is 1.23. The summed E-state index contributed by atoms with van der Waals surface area (Å²) in [5.41, 5.74) is 4.74. The lowest BCUT2D eigenvalue weighted by Crippen LogP contribution is -2.43. The summed E-state index contributed by atoms with van der Waals surface area (Å²) in [7, 11) is 0. The Bertz CT molecular complexity index is 1280. The van der Waals surface area contributed by atoms with Crippen LogP contribution in [0.5, 0.6) is 0 Å². The largest absolute Gasteiger partial charge is 0.350 e. The summed E-state index contributed by atoms with van der Waals surface area (Å²) in [4.78, 5) is 24.4. The van der Waals surface area contributed by atoms with Gasteiger partial charge in [0.2, 0.25) is 0 Å². The number of amides is 1. The van der Waals surface area contributed by atoms with E-state index in [1.54, 1.807) is 0 Å². The number of hydrogen-bond donors (Lipinski definition) is 0. The fourth-order valence-corrected chi connectivity index (χ4v) is 5.74. The van der Waals surface area contributed by atoms with Crippen molar-refractivity contribution in [2.45, 2.75) is 65.1 Å². The van der Waals surface area contributed by atoms with Crippen molar-refractivity contribution in [3.63, 3.8) is 0 Å². The van der Waals surface area contributed by atoms with Crippen LogP contribution in [0.4, 0.5) is 17.3 Å². The first-order chi connectivity index (χ1) is 16.9. The number of hydrogen-bond acceptors (Lipinski definition) is 7. The highest BCUT2D eigenvalue weighted by Gasteiger charge is 2.36. The highest BCUT2D eigenvalue weighted by molar-refractivity contribution is 5.93. The third kappa shape index (κ3) is 3.83. The Morgan fingerprint density at radius 2 is 1.94 bits per heavy atom. The topological polar surface area (TPSA) is 83.3 Å². The van der Waals surface area contributed by atoms with Crippen molar-refractivity contribution in [2.24, 2.45) is 0 Å². The van der Waals surface area contributed by atoms with Crippen molar-refractivity contribution < 1.29 is 4.79 Å². The van der Waals surface area contributed by atoms with Crippen LogP contribution in [0.25, 0.3) is 0 Å². The molecule has 0 aliphatic carbocycles. The molecule has 0 bridgehead atoms. The van der Waals surface area contributed by atoms with E-state index in [9.17, 15) is 4.79 Å². The average molecular weight is 473 g/mol. The fraction of sp³-hybridized carbons (Fsp3) is 0.500. The minimum Gasteiger partial charge on any atom is -0.350 e. The average Bonchev–Trinajstić information content (AvgIpc) is 3.48. The molecule has 0 unspecified atom stereocenters. The first-order valence-electron chi connectivity index (χ1n) is 12.6. The van der Waals surface area contributed by atoms with Crippen LogP contribution < -0.4 is 9.80 Å². The normalized spacial score (nSPS) is 19.0. The molecule has 0 atom stereocenters. The predicted octanol–water partition coefficient (Wildman–Crippen LogP) is 3.50. The molecule has 3 aliphatic rings. The van der Waals surface area contributed by atoms with E-state index in [1.165, 1.54) is 5.56 Å². The number of carbonyl (C=O) groups is 1. The molecule has 0 saturated carbocycles. The van der Waals surface area contributed by atoms with E-state index in [1.807, 2.05) is 30.3 Å². The zero-order valence-electron chi connectivity index (χ0n) is 20.7. The quantitative estimate of drug-likeness (QED) is 0.577.